The fraction of sp³-hybridized carbons (Fsp3) is 0.278. The topological polar surface area (TPSA) is 31.2 Å². The monoisotopic (exact) mass is 313 g/mol. The number of para-hydroxylation sites is 1. The number of hydrogen-bond donors (Lipinski definition) is 0. The molecule has 0 N–H and O–H groups in total. The molecule has 0 atom stereocenters. The lowest BCUT2D eigenvalue weighted by Crippen LogP contribution is -2.26. The standard InChI is InChI=1S/C18H19NO2S/c1-18(2,3)21-17(20)19-12-13(11-14-7-6-10-22-14)15-8-4-5-9-16(15)19/h4-10,12H,11H2,1-3H3. The Bertz CT molecular complexity index is 794. The predicted octanol–water partition coefficient (Wildman–Crippen LogP) is 5.08. The molecule has 114 valence electrons. The number of ether oxygens (including phenoxy) is 1. The van der Waals surface area contributed by atoms with Crippen LogP contribution in [0.25, 0.3) is 10.9 Å². The lowest BCUT2D eigenvalue weighted by molar-refractivity contribution is 0.0544. The third-order valence-electron chi connectivity index (χ3n) is 3.33. The van der Waals surface area contributed by atoms with Crippen molar-refractivity contribution in [1.82, 2.24) is 4.57 Å². The Balaban J connectivity index is 2.02. The molecule has 1 aromatic carbocycles. The highest BCUT2D eigenvalue weighted by Gasteiger charge is 2.20. The Kier molecular flexibility index (Phi) is 3.79. The first-order valence-corrected chi connectivity index (χ1v) is 8.17. The molecule has 0 fully saturated rings. The van der Waals surface area contributed by atoms with Gasteiger partial charge in [-0.1, -0.05) is 24.3 Å². The maximum absolute atomic E-state index is 12.4. The smallest absolute Gasteiger partial charge is 0.419 e. The summed E-state index contributed by atoms with van der Waals surface area (Å²) < 4.78 is 7.12. The minimum Gasteiger partial charge on any atom is -0.443 e. The summed E-state index contributed by atoms with van der Waals surface area (Å²) in [7, 11) is 0. The number of rotatable bonds is 2. The molecule has 3 aromatic rings. The molecular weight excluding hydrogens is 294 g/mol. The first-order valence-electron chi connectivity index (χ1n) is 7.29. The van der Waals surface area contributed by atoms with Crippen molar-refractivity contribution < 1.29 is 9.53 Å². The summed E-state index contributed by atoms with van der Waals surface area (Å²) in [5, 5.41) is 3.17. The number of hydrogen-bond acceptors (Lipinski definition) is 3. The fourth-order valence-corrected chi connectivity index (χ4v) is 3.18. The Morgan fingerprint density at radius 2 is 1.95 bits per heavy atom. The van der Waals surface area contributed by atoms with Crippen molar-refractivity contribution in [3.05, 3.63) is 58.4 Å². The molecule has 0 amide bonds. The van der Waals surface area contributed by atoms with E-state index >= 15 is 0 Å². The highest BCUT2D eigenvalue weighted by Crippen LogP contribution is 2.26. The molecule has 0 spiro atoms. The van der Waals surface area contributed by atoms with Crippen LogP contribution < -0.4 is 0 Å². The Hall–Kier alpha value is -2.07. The van der Waals surface area contributed by atoms with Crippen LogP contribution >= 0.6 is 11.3 Å². The predicted molar refractivity (Wildman–Crippen MR) is 90.7 cm³/mol. The van der Waals surface area contributed by atoms with Crippen LogP contribution in [0.2, 0.25) is 0 Å². The molecule has 0 unspecified atom stereocenters. The summed E-state index contributed by atoms with van der Waals surface area (Å²) in [6.45, 7) is 5.63. The number of carbonyl (C=O) groups excluding carboxylic acids is 1. The molecule has 0 aliphatic heterocycles. The molecule has 0 saturated carbocycles. The van der Waals surface area contributed by atoms with Gasteiger partial charge in [0, 0.05) is 22.9 Å². The first-order chi connectivity index (χ1) is 10.4. The largest absolute Gasteiger partial charge is 0.443 e. The second-order valence-electron chi connectivity index (χ2n) is 6.28. The van der Waals surface area contributed by atoms with Crippen molar-refractivity contribution >= 4 is 28.3 Å². The second-order valence-corrected chi connectivity index (χ2v) is 7.31. The van der Waals surface area contributed by atoms with Gasteiger partial charge in [-0.25, -0.2) is 4.79 Å². The van der Waals surface area contributed by atoms with Gasteiger partial charge in [0.2, 0.25) is 0 Å². The minimum atomic E-state index is -0.504. The zero-order valence-corrected chi connectivity index (χ0v) is 13.8. The molecule has 0 aliphatic rings. The van der Waals surface area contributed by atoms with Gasteiger partial charge < -0.3 is 4.74 Å². The highest BCUT2D eigenvalue weighted by atomic mass is 32.1. The van der Waals surface area contributed by atoms with Gasteiger partial charge >= 0.3 is 6.09 Å². The summed E-state index contributed by atoms with van der Waals surface area (Å²) in [6.07, 6.45) is 2.40. The van der Waals surface area contributed by atoms with E-state index < -0.39 is 5.60 Å². The van der Waals surface area contributed by atoms with Crippen molar-refractivity contribution in [2.45, 2.75) is 32.8 Å². The number of fused-ring (bicyclic) bond motifs is 1. The molecule has 0 aliphatic carbocycles. The van der Waals surface area contributed by atoms with E-state index in [-0.39, 0.29) is 6.09 Å². The number of thiophene rings is 1. The van der Waals surface area contributed by atoms with Gasteiger partial charge in [0.25, 0.3) is 0 Å². The van der Waals surface area contributed by atoms with Crippen molar-refractivity contribution in [1.29, 1.82) is 0 Å². The Labute approximate surface area is 134 Å². The summed E-state index contributed by atoms with van der Waals surface area (Å²) in [4.78, 5) is 13.7. The van der Waals surface area contributed by atoms with Gasteiger partial charge in [0.1, 0.15) is 5.60 Å². The second kappa shape index (κ2) is 5.61. The molecule has 22 heavy (non-hydrogen) atoms. The maximum atomic E-state index is 12.4. The van der Waals surface area contributed by atoms with Crippen LogP contribution in [0.15, 0.2) is 48.0 Å². The number of benzene rings is 1. The van der Waals surface area contributed by atoms with E-state index in [4.69, 9.17) is 4.74 Å². The van der Waals surface area contributed by atoms with Crippen LogP contribution in [-0.4, -0.2) is 16.3 Å². The SMILES string of the molecule is CC(C)(C)OC(=O)n1cc(Cc2cccs2)c2ccccc21. The van der Waals surface area contributed by atoms with Crippen LogP contribution in [0.5, 0.6) is 0 Å². The van der Waals surface area contributed by atoms with Gasteiger partial charge in [-0.3, -0.25) is 4.57 Å². The van der Waals surface area contributed by atoms with E-state index in [1.54, 1.807) is 15.9 Å². The van der Waals surface area contributed by atoms with Crippen molar-refractivity contribution in [3.8, 4) is 0 Å². The summed E-state index contributed by atoms with van der Waals surface area (Å²) in [5.41, 5.74) is 1.53. The average molecular weight is 313 g/mol. The van der Waals surface area contributed by atoms with Crippen LogP contribution in [0.3, 0.4) is 0 Å². The number of nitrogens with zero attached hydrogens (tertiary/aromatic N) is 1. The number of carbonyl (C=O) groups is 1. The van der Waals surface area contributed by atoms with Gasteiger partial charge in [-0.15, -0.1) is 11.3 Å². The first kappa shape index (κ1) is 14.9. The molecule has 3 rings (SSSR count). The highest BCUT2D eigenvalue weighted by molar-refractivity contribution is 7.09. The summed E-state index contributed by atoms with van der Waals surface area (Å²) in [5.74, 6) is 0. The molecule has 2 aromatic heterocycles. The average Bonchev–Trinajstić information content (AvgIpc) is 3.06. The molecule has 4 heteroatoms. The summed E-state index contributed by atoms with van der Waals surface area (Å²) in [6, 6.07) is 12.1. The van der Waals surface area contributed by atoms with Gasteiger partial charge in [-0.2, -0.15) is 0 Å². The van der Waals surface area contributed by atoms with Crippen LogP contribution in [0, 0.1) is 0 Å². The van der Waals surface area contributed by atoms with Crippen LogP contribution in [0.4, 0.5) is 4.79 Å². The van der Waals surface area contributed by atoms with E-state index in [9.17, 15) is 4.79 Å². The molecule has 0 saturated heterocycles. The van der Waals surface area contributed by atoms with Crippen molar-refractivity contribution in [2.24, 2.45) is 0 Å². The van der Waals surface area contributed by atoms with E-state index in [0.29, 0.717) is 0 Å². The van der Waals surface area contributed by atoms with Gasteiger partial charge in [0.15, 0.2) is 0 Å². The third-order valence-corrected chi connectivity index (χ3v) is 4.21. The van der Waals surface area contributed by atoms with E-state index in [1.807, 2.05) is 51.2 Å². The molecular formula is C18H19NO2S. The van der Waals surface area contributed by atoms with Gasteiger partial charge in [0.05, 0.1) is 5.52 Å². The molecule has 2 heterocycles. The fourth-order valence-electron chi connectivity index (χ4n) is 2.45. The Morgan fingerprint density at radius 3 is 2.64 bits per heavy atom. The zero-order valence-electron chi connectivity index (χ0n) is 13.0. The third kappa shape index (κ3) is 3.07. The lowest BCUT2D eigenvalue weighted by atomic mass is 10.1. The normalized spacial score (nSPS) is 11.8. The number of aromatic nitrogens is 1. The molecule has 0 bridgehead atoms. The minimum absolute atomic E-state index is 0.332. The van der Waals surface area contributed by atoms with Crippen molar-refractivity contribution in [2.75, 3.05) is 0 Å². The van der Waals surface area contributed by atoms with E-state index in [2.05, 4.69) is 17.5 Å². The zero-order chi connectivity index (χ0) is 15.7. The van der Waals surface area contributed by atoms with E-state index in [0.717, 1.165) is 22.9 Å². The Morgan fingerprint density at radius 1 is 1.18 bits per heavy atom. The van der Waals surface area contributed by atoms with Gasteiger partial charge in [-0.05, 0) is 43.8 Å². The van der Waals surface area contributed by atoms with Crippen molar-refractivity contribution in [3.63, 3.8) is 0 Å². The lowest BCUT2D eigenvalue weighted by Gasteiger charge is -2.19. The quantitative estimate of drug-likeness (QED) is 0.661. The summed E-state index contributed by atoms with van der Waals surface area (Å²) >= 11 is 1.73. The van der Waals surface area contributed by atoms with Crippen LogP contribution in [0.1, 0.15) is 31.2 Å². The molecule has 0 radical (unpaired) electrons. The maximum Gasteiger partial charge on any atom is 0.419 e. The molecule has 3 nitrogen and oxygen atoms in total. The van der Waals surface area contributed by atoms with E-state index in [1.165, 1.54) is 4.88 Å². The van der Waals surface area contributed by atoms with Crippen LogP contribution in [-0.2, 0) is 11.2 Å².